The van der Waals surface area contributed by atoms with Crippen LogP contribution in [0.1, 0.15) is 33.1 Å². The van der Waals surface area contributed by atoms with Gasteiger partial charge in [-0.05, 0) is 61.0 Å². The second-order valence-corrected chi connectivity index (χ2v) is 9.15. The third-order valence-corrected chi connectivity index (χ3v) is 6.41. The first-order valence-corrected chi connectivity index (χ1v) is 12.1. The Morgan fingerprint density at radius 1 is 1.08 bits per heavy atom. The van der Waals surface area contributed by atoms with Crippen LogP contribution in [0, 0.1) is 18.3 Å². The van der Waals surface area contributed by atoms with Gasteiger partial charge in [-0.15, -0.1) is 0 Å². The third kappa shape index (κ3) is 5.29. The van der Waals surface area contributed by atoms with Crippen molar-refractivity contribution >= 4 is 51.9 Å². The van der Waals surface area contributed by atoms with Crippen LogP contribution in [0.2, 0.25) is 10.0 Å². The monoisotopic (exact) mass is 527 g/mol. The first-order valence-electron chi connectivity index (χ1n) is 11.3. The van der Waals surface area contributed by atoms with E-state index in [1.807, 2.05) is 31.2 Å². The normalized spacial score (nSPS) is 11.5. The Morgan fingerprint density at radius 2 is 1.92 bits per heavy atom. The van der Waals surface area contributed by atoms with E-state index in [-0.39, 0.29) is 17.2 Å². The number of fused-ring (bicyclic) bond motifs is 1. The molecule has 182 valence electrons. The summed E-state index contributed by atoms with van der Waals surface area (Å²) < 4.78 is 11.4. The predicted octanol–water partition coefficient (Wildman–Crippen LogP) is 7.86. The summed E-state index contributed by atoms with van der Waals surface area (Å²) in [7, 11) is 0. The van der Waals surface area contributed by atoms with Crippen LogP contribution < -0.4 is 0 Å². The van der Waals surface area contributed by atoms with Gasteiger partial charge in [-0.1, -0.05) is 47.5 Å². The molecule has 0 aliphatic rings. The molecule has 37 heavy (non-hydrogen) atoms. The van der Waals surface area contributed by atoms with Crippen LogP contribution in [0.25, 0.3) is 34.0 Å². The zero-order valence-electron chi connectivity index (χ0n) is 19.6. The Labute approximate surface area is 222 Å². The SMILES string of the molecule is Cc1ccc2nc(/C(C#N)=C\c3ccc(-c4ccc(Cl)c(C(=O)OCc5ccccc5Cl)c4)o3)[nH]c2c1. The number of imidazole rings is 1. The molecule has 0 saturated carbocycles. The fraction of sp³-hybridized carbons (Fsp3) is 0.0690. The number of carbonyl (C=O) groups excluding carboxylic acids is 1. The van der Waals surface area contributed by atoms with Crippen molar-refractivity contribution in [3.63, 3.8) is 0 Å². The molecule has 3 aromatic carbocycles. The number of allylic oxidation sites excluding steroid dienone is 1. The number of halogens is 2. The third-order valence-electron chi connectivity index (χ3n) is 5.71. The molecular weight excluding hydrogens is 509 g/mol. The van der Waals surface area contributed by atoms with Crippen molar-refractivity contribution in [2.75, 3.05) is 0 Å². The van der Waals surface area contributed by atoms with Crippen molar-refractivity contribution in [2.45, 2.75) is 13.5 Å². The number of hydrogen-bond donors (Lipinski definition) is 1. The van der Waals surface area contributed by atoms with Gasteiger partial charge in [0.2, 0.25) is 0 Å². The Balaban J connectivity index is 1.38. The molecule has 6 nitrogen and oxygen atoms in total. The molecule has 0 saturated heterocycles. The van der Waals surface area contributed by atoms with E-state index in [9.17, 15) is 10.1 Å². The number of nitriles is 1. The van der Waals surface area contributed by atoms with E-state index in [4.69, 9.17) is 32.4 Å². The summed E-state index contributed by atoms with van der Waals surface area (Å²) in [4.78, 5) is 20.4. The molecule has 0 aliphatic heterocycles. The van der Waals surface area contributed by atoms with E-state index < -0.39 is 5.97 Å². The average molecular weight is 528 g/mol. The van der Waals surface area contributed by atoms with Gasteiger partial charge in [0, 0.05) is 22.2 Å². The zero-order chi connectivity index (χ0) is 25.9. The fourth-order valence-electron chi connectivity index (χ4n) is 3.80. The van der Waals surface area contributed by atoms with Crippen molar-refractivity contribution in [3.8, 4) is 17.4 Å². The van der Waals surface area contributed by atoms with Gasteiger partial charge in [0.05, 0.1) is 27.2 Å². The number of aromatic nitrogens is 2. The maximum atomic E-state index is 12.7. The number of furan rings is 1. The molecule has 1 N–H and O–H groups in total. The van der Waals surface area contributed by atoms with Crippen molar-refractivity contribution in [1.82, 2.24) is 9.97 Å². The van der Waals surface area contributed by atoms with Crippen LogP contribution in [0.5, 0.6) is 0 Å². The van der Waals surface area contributed by atoms with Crippen LogP contribution >= 0.6 is 23.2 Å². The maximum absolute atomic E-state index is 12.7. The second-order valence-electron chi connectivity index (χ2n) is 8.34. The summed E-state index contributed by atoms with van der Waals surface area (Å²) in [5, 5.41) is 10.5. The van der Waals surface area contributed by atoms with Crippen molar-refractivity contribution < 1.29 is 13.9 Å². The van der Waals surface area contributed by atoms with Gasteiger partial charge in [0.25, 0.3) is 0 Å². The number of benzene rings is 3. The predicted molar refractivity (Wildman–Crippen MR) is 144 cm³/mol. The number of H-pyrrole nitrogens is 1. The number of ether oxygens (including phenoxy) is 1. The Morgan fingerprint density at radius 3 is 2.73 bits per heavy atom. The van der Waals surface area contributed by atoms with Gasteiger partial charge in [0.1, 0.15) is 30.0 Å². The standard InChI is InChI=1S/C29H19Cl2N3O3/c1-17-6-10-25-26(12-17)34-28(33-25)20(15-32)13-21-8-11-27(37-21)18-7-9-24(31)22(14-18)29(35)36-16-19-4-2-3-5-23(19)30/h2-14H,16H2,1H3,(H,33,34)/b20-13-. The van der Waals surface area contributed by atoms with Gasteiger partial charge in [-0.2, -0.15) is 5.26 Å². The Kier molecular flexibility index (Phi) is 6.82. The van der Waals surface area contributed by atoms with E-state index in [0.29, 0.717) is 39.1 Å². The largest absolute Gasteiger partial charge is 0.457 e. The van der Waals surface area contributed by atoms with Crippen LogP contribution in [0.3, 0.4) is 0 Å². The smallest absolute Gasteiger partial charge is 0.340 e. The minimum absolute atomic E-state index is 0.0209. The second kappa shape index (κ2) is 10.4. The summed E-state index contributed by atoms with van der Waals surface area (Å²) in [5.41, 5.74) is 4.58. The van der Waals surface area contributed by atoms with Gasteiger partial charge >= 0.3 is 5.97 Å². The van der Waals surface area contributed by atoms with E-state index in [0.717, 1.165) is 16.6 Å². The van der Waals surface area contributed by atoms with Gasteiger partial charge < -0.3 is 14.1 Å². The lowest BCUT2D eigenvalue weighted by Crippen LogP contribution is -2.06. The number of esters is 1. The fourth-order valence-corrected chi connectivity index (χ4v) is 4.19. The van der Waals surface area contributed by atoms with Crippen LogP contribution in [-0.4, -0.2) is 15.9 Å². The molecule has 5 aromatic rings. The van der Waals surface area contributed by atoms with Crippen LogP contribution in [0.15, 0.2) is 77.2 Å². The Bertz CT molecular complexity index is 1710. The highest BCUT2D eigenvalue weighted by Gasteiger charge is 2.16. The van der Waals surface area contributed by atoms with Crippen molar-refractivity contribution in [2.24, 2.45) is 0 Å². The molecule has 2 aromatic heterocycles. The number of rotatable bonds is 6. The van der Waals surface area contributed by atoms with Crippen LogP contribution in [0.4, 0.5) is 0 Å². The summed E-state index contributed by atoms with van der Waals surface area (Å²) in [6.07, 6.45) is 1.61. The first-order chi connectivity index (χ1) is 17.9. The minimum atomic E-state index is -0.578. The van der Waals surface area contributed by atoms with Gasteiger partial charge in [0.15, 0.2) is 0 Å². The van der Waals surface area contributed by atoms with E-state index in [1.54, 1.807) is 54.6 Å². The minimum Gasteiger partial charge on any atom is -0.457 e. The summed E-state index contributed by atoms with van der Waals surface area (Å²) in [6, 6.07) is 23.6. The lowest BCUT2D eigenvalue weighted by molar-refractivity contribution is 0.0473. The quantitative estimate of drug-likeness (QED) is 0.179. The molecule has 0 radical (unpaired) electrons. The van der Waals surface area contributed by atoms with Crippen LogP contribution in [-0.2, 0) is 11.3 Å². The molecule has 2 heterocycles. The lowest BCUT2D eigenvalue weighted by Gasteiger charge is -2.09. The molecule has 0 bridgehead atoms. The van der Waals surface area contributed by atoms with Crippen molar-refractivity contribution in [3.05, 3.63) is 111 Å². The number of aryl methyl sites for hydroxylation is 1. The number of hydrogen-bond acceptors (Lipinski definition) is 5. The molecule has 0 spiro atoms. The zero-order valence-corrected chi connectivity index (χ0v) is 21.1. The molecule has 8 heteroatoms. The number of carbonyl (C=O) groups is 1. The van der Waals surface area contributed by atoms with Gasteiger partial charge in [-0.3, -0.25) is 0 Å². The summed E-state index contributed by atoms with van der Waals surface area (Å²) >= 11 is 12.4. The topological polar surface area (TPSA) is 91.9 Å². The maximum Gasteiger partial charge on any atom is 0.340 e. The number of aromatic amines is 1. The van der Waals surface area contributed by atoms with Crippen molar-refractivity contribution in [1.29, 1.82) is 5.26 Å². The van der Waals surface area contributed by atoms with Gasteiger partial charge in [-0.25, -0.2) is 9.78 Å². The highest BCUT2D eigenvalue weighted by molar-refractivity contribution is 6.33. The average Bonchev–Trinajstić information content (AvgIpc) is 3.53. The molecular formula is C29H19Cl2N3O3. The molecule has 0 aliphatic carbocycles. The molecule has 0 amide bonds. The van der Waals surface area contributed by atoms with E-state index in [2.05, 4.69) is 16.0 Å². The summed E-state index contributed by atoms with van der Waals surface area (Å²) in [5.74, 6) is 0.836. The number of nitrogens with one attached hydrogen (secondary N) is 1. The molecule has 5 rings (SSSR count). The molecule has 0 atom stereocenters. The van der Waals surface area contributed by atoms with E-state index in [1.165, 1.54) is 0 Å². The number of nitrogens with zero attached hydrogens (tertiary/aromatic N) is 2. The summed E-state index contributed by atoms with van der Waals surface area (Å²) in [6.45, 7) is 2.01. The lowest BCUT2D eigenvalue weighted by atomic mass is 10.1. The molecule has 0 fully saturated rings. The first kappa shape index (κ1) is 24.4. The molecule has 0 unspecified atom stereocenters. The van der Waals surface area contributed by atoms with E-state index >= 15 is 0 Å². The highest BCUT2D eigenvalue weighted by Crippen LogP contribution is 2.29. The Hall–Kier alpha value is -4.31. The highest BCUT2D eigenvalue weighted by atomic mass is 35.5.